The highest BCUT2D eigenvalue weighted by Gasteiger charge is 2.27. The zero-order chi connectivity index (χ0) is 15.8. The second-order valence-electron chi connectivity index (χ2n) is 4.72. The van der Waals surface area contributed by atoms with Crippen molar-refractivity contribution >= 4 is 37.2 Å². The zero-order valence-electron chi connectivity index (χ0n) is 14.1. The summed E-state index contributed by atoms with van der Waals surface area (Å²) in [4.78, 5) is 0. The number of nitrogens with zero attached hydrogens (tertiary/aromatic N) is 2. The number of rotatable bonds is 5. The molecule has 0 atom stereocenters. The molecule has 0 saturated heterocycles. The van der Waals surface area contributed by atoms with Crippen LogP contribution in [0.25, 0.3) is 0 Å². The van der Waals surface area contributed by atoms with E-state index in [1.165, 1.54) is 30.8 Å². The van der Waals surface area contributed by atoms with Crippen LogP contribution in [-0.4, -0.2) is 56.4 Å². The molecule has 0 N–H and O–H groups in total. The van der Waals surface area contributed by atoms with Crippen LogP contribution in [0.1, 0.15) is 35.6 Å². The Bertz CT molecular complexity index is 152. The third-order valence-corrected chi connectivity index (χ3v) is 2.74. The first-order chi connectivity index (χ1) is 8.39. The predicted molar refractivity (Wildman–Crippen MR) is 119 cm³/mol. The van der Waals surface area contributed by atoms with E-state index in [1.807, 2.05) is 0 Å². The number of hydrogen-bond donors (Lipinski definition) is 0. The van der Waals surface area contributed by atoms with Gasteiger partial charge in [0, 0.05) is 37.2 Å². The molecule has 0 rings (SSSR count). The van der Waals surface area contributed by atoms with Gasteiger partial charge in [0.1, 0.15) is 0 Å². The fourth-order valence-corrected chi connectivity index (χ4v) is 1.87. The van der Waals surface area contributed by atoms with Crippen molar-refractivity contribution in [2.24, 2.45) is 0 Å². The van der Waals surface area contributed by atoms with Crippen molar-refractivity contribution in [2.75, 3.05) is 47.4 Å². The largest absolute Gasteiger partial charge is 1.00 e. The summed E-state index contributed by atoms with van der Waals surface area (Å²) in [6.45, 7) is 23.9. The molecule has 0 spiro atoms. The monoisotopic (exact) mass is 674 g/mol. The third kappa shape index (κ3) is 33.4. The van der Waals surface area contributed by atoms with Gasteiger partial charge in [0.05, 0.1) is 40.8 Å². The van der Waals surface area contributed by atoms with Crippen molar-refractivity contribution in [3.8, 4) is 0 Å². The molecule has 0 aliphatic carbocycles. The molecule has 0 saturated carbocycles. The Balaban J connectivity index is -0.0000000292. The Morgan fingerprint density at radius 1 is 0.682 bits per heavy atom. The second-order valence-corrected chi connectivity index (χ2v) is 4.72. The first-order valence-corrected chi connectivity index (χ1v) is 12.5. The Hall–Kier alpha value is 1.82. The molecule has 0 aliphatic rings. The quantitative estimate of drug-likeness (QED) is 0.169. The molecule has 2 nitrogen and oxygen atoms in total. The highest BCUT2D eigenvalue weighted by Crippen LogP contribution is 2.09. The minimum Gasteiger partial charge on any atom is -1.00 e. The van der Waals surface area contributed by atoms with Gasteiger partial charge in [-0.05, 0) is 20.8 Å². The maximum Gasteiger partial charge on any atom is 0.206 e. The SMILES string of the molecule is C.C.C=C.C=C.CC[N+](CC)(CC)C[N+](C)(C)C.II.[Br-].[Br-]. The minimum absolute atomic E-state index is 0. The molecular weight excluding hydrogens is 634 g/mol. The molecule has 0 radical (unpaired) electrons. The summed E-state index contributed by atoms with van der Waals surface area (Å²) < 4.78 is 2.30. The van der Waals surface area contributed by atoms with Crippen molar-refractivity contribution in [3.05, 3.63) is 26.3 Å². The van der Waals surface area contributed by atoms with E-state index in [2.05, 4.69) is 105 Å². The van der Waals surface area contributed by atoms with Crippen LogP contribution >= 0.6 is 37.2 Å². The fourth-order valence-electron chi connectivity index (χ4n) is 1.87. The lowest BCUT2D eigenvalue weighted by molar-refractivity contribution is -1.08. The van der Waals surface area contributed by atoms with Gasteiger partial charge in [-0.1, -0.05) is 14.9 Å². The lowest BCUT2D eigenvalue weighted by atomic mass is 10.3. The predicted octanol–water partition coefficient (Wildman–Crippen LogP) is 0.183. The molecule has 144 valence electrons. The van der Waals surface area contributed by atoms with Crippen molar-refractivity contribution in [1.82, 2.24) is 0 Å². The summed E-state index contributed by atoms with van der Waals surface area (Å²) in [5.74, 6) is 0. The van der Waals surface area contributed by atoms with E-state index in [1.54, 1.807) is 0 Å². The summed E-state index contributed by atoms with van der Waals surface area (Å²) in [6.07, 6.45) is 0. The van der Waals surface area contributed by atoms with Crippen molar-refractivity contribution < 1.29 is 42.9 Å². The van der Waals surface area contributed by atoms with Crippen LogP contribution in [0.3, 0.4) is 0 Å². The van der Waals surface area contributed by atoms with Gasteiger partial charge < -0.3 is 34.0 Å². The molecule has 0 heterocycles. The first-order valence-electron chi connectivity index (χ1n) is 6.19. The highest BCUT2D eigenvalue weighted by molar-refractivity contribution is 15.0. The summed E-state index contributed by atoms with van der Waals surface area (Å²) in [5, 5.41) is 0. The maximum absolute atomic E-state index is 3.00. The molecule has 6 heteroatoms. The Morgan fingerprint density at radius 3 is 0.909 bits per heavy atom. The van der Waals surface area contributed by atoms with E-state index in [9.17, 15) is 0 Å². The number of quaternary nitrogens is 2. The van der Waals surface area contributed by atoms with Crippen LogP contribution in [-0.2, 0) is 0 Å². The number of hydrogen-bond acceptors (Lipinski definition) is 0. The Morgan fingerprint density at radius 2 is 0.864 bits per heavy atom. The molecule has 0 aromatic rings. The van der Waals surface area contributed by atoms with Crippen molar-refractivity contribution in [3.63, 3.8) is 0 Å². The smallest absolute Gasteiger partial charge is 0.206 e. The topological polar surface area (TPSA) is 0 Å². The van der Waals surface area contributed by atoms with E-state index >= 15 is 0 Å². The Kier molecular flexibility index (Phi) is 77.1. The molecule has 0 aromatic carbocycles. The summed E-state index contributed by atoms with van der Waals surface area (Å²) >= 11 is 4.24. The molecule has 22 heavy (non-hydrogen) atoms. The van der Waals surface area contributed by atoms with E-state index in [-0.39, 0.29) is 48.8 Å². The fraction of sp³-hybridized carbons (Fsp3) is 0.750. The molecular formula is C16H42Br2I2N2. The molecule has 0 aliphatic heterocycles. The van der Waals surface area contributed by atoms with Gasteiger partial charge in [-0.25, -0.2) is 0 Å². The van der Waals surface area contributed by atoms with Gasteiger partial charge >= 0.3 is 0 Å². The van der Waals surface area contributed by atoms with Crippen LogP contribution in [0.5, 0.6) is 0 Å². The Labute approximate surface area is 187 Å². The summed E-state index contributed by atoms with van der Waals surface area (Å²) in [7, 11) is 6.82. The van der Waals surface area contributed by atoms with Crippen molar-refractivity contribution in [1.29, 1.82) is 0 Å². The van der Waals surface area contributed by atoms with Crippen LogP contribution in [0.2, 0.25) is 0 Å². The van der Waals surface area contributed by atoms with Crippen LogP contribution in [0.15, 0.2) is 26.3 Å². The molecule has 0 fully saturated rings. The summed E-state index contributed by atoms with van der Waals surface area (Å²) in [5.41, 5.74) is 0. The maximum atomic E-state index is 3.00. The van der Waals surface area contributed by atoms with Crippen LogP contribution in [0, 0.1) is 0 Å². The molecule has 0 aromatic heterocycles. The van der Waals surface area contributed by atoms with Gasteiger partial charge in [-0.2, -0.15) is 0 Å². The number of halogens is 4. The average molecular weight is 676 g/mol. The van der Waals surface area contributed by atoms with Gasteiger partial charge in [-0.3, -0.25) is 8.97 Å². The van der Waals surface area contributed by atoms with Gasteiger partial charge in [-0.15, -0.1) is 26.3 Å². The minimum atomic E-state index is 0. The zero-order valence-corrected chi connectivity index (χ0v) is 21.6. The highest BCUT2D eigenvalue weighted by atomic mass is 128. The van der Waals surface area contributed by atoms with E-state index < -0.39 is 0 Å². The van der Waals surface area contributed by atoms with Gasteiger partial charge in [0.15, 0.2) is 0 Å². The summed E-state index contributed by atoms with van der Waals surface area (Å²) in [6, 6.07) is 0. The third-order valence-electron chi connectivity index (χ3n) is 2.74. The lowest BCUT2D eigenvalue weighted by Crippen LogP contribution is -3.00. The molecule has 0 bridgehead atoms. The molecule has 0 unspecified atom stereocenters. The average Bonchev–Trinajstić information content (AvgIpc) is 2.42. The van der Waals surface area contributed by atoms with E-state index in [0.717, 1.165) is 4.48 Å². The van der Waals surface area contributed by atoms with Crippen LogP contribution in [0.4, 0.5) is 0 Å². The van der Waals surface area contributed by atoms with Crippen LogP contribution < -0.4 is 34.0 Å². The van der Waals surface area contributed by atoms with Gasteiger partial charge in [0.2, 0.25) is 6.67 Å². The standard InChI is InChI=1S/C10H26N2.2C2H4.2CH4.2BrH.I2/c1-7-12(8-2,9-3)10-11(4,5)6;2*1-2;;;;;1-2/h7-10H2,1-6H3;2*1-2H2;2*1H4;2*1H;/q+2;;;;;;;/p-2. The molecule has 0 amide bonds. The first kappa shape index (κ1) is 49.6. The second kappa shape index (κ2) is 34.2. The van der Waals surface area contributed by atoms with E-state index in [0.29, 0.717) is 0 Å². The van der Waals surface area contributed by atoms with Gasteiger partial charge in [0.25, 0.3) is 0 Å². The van der Waals surface area contributed by atoms with Crippen molar-refractivity contribution in [2.45, 2.75) is 35.6 Å². The lowest BCUT2D eigenvalue weighted by Gasteiger charge is -2.40. The normalized spacial score (nSPS) is 8.00. The van der Waals surface area contributed by atoms with E-state index in [4.69, 9.17) is 0 Å².